The van der Waals surface area contributed by atoms with Gasteiger partial charge in [0.15, 0.2) is 5.71 Å². The van der Waals surface area contributed by atoms with E-state index in [4.69, 9.17) is 4.74 Å². The molecule has 0 atom stereocenters. The summed E-state index contributed by atoms with van der Waals surface area (Å²) in [6, 6.07) is 8.38. The van der Waals surface area contributed by atoms with Crippen LogP contribution in [0.1, 0.15) is 19.4 Å². The van der Waals surface area contributed by atoms with Crippen LogP contribution in [-0.2, 0) is 4.74 Å². The SMILES string of the molecule is CC[N+](CC)=C1C=CC(=C2C=C(OC)c3ccccc3S2)C=C1. The number of fused-ring (bicyclic) bond motifs is 1. The Kier molecular flexibility index (Phi) is 4.87. The van der Waals surface area contributed by atoms with Crippen molar-refractivity contribution in [1.29, 1.82) is 0 Å². The highest BCUT2D eigenvalue weighted by molar-refractivity contribution is 8.03. The molecule has 1 aromatic carbocycles. The van der Waals surface area contributed by atoms with E-state index in [1.807, 2.05) is 0 Å². The van der Waals surface area contributed by atoms with Gasteiger partial charge in [-0.2, -0.15) is 0 Å². The van der Waals surface area contributed by atoms with E-state index >= 15 is 0 Å². The molecule has 0 bridgehead atoms. The Balaban J connectivity index is 1.98. The van der Waals surface area contributed by atoms with E-state index in [0.717, 1.165) is 18.8 Å². The third kappa shape index (κ3) is 3.20. The lowest BCUT2D eigenvalue weighted by molar-refractivity contribution is -0.519. The van der Waals surface area contributed by atoms with Gasteiger partial charge in [0.05, 0.1) is 7.11 Å². The average Bonchev–Trinajstić information content (AvgIpc) is 2.62. The average molecular weight is 324 g/mol. The van der Waals surface area contributed by atoms with E-state index in [9.17, 15) is 0 Å². The van der Waals surface area contributed by atoms with E-state index in [-0.39, 0.29) is 0 Å². The van der Waals surface area contributed by atoms with Crippen LogP contribution < -0.4 is 0 Å². The maximum Gasteiger partial charge on any atom is 0.199 e. The maximum absolute atomic E-state index is 5.58. The number of thioether (sulfide) groups is 1. The second-order valence-corrected chi connectivity index (χ2v) is 6.48. The summed E-state index contributed by atoms with van der Waals surface area (Å²) in [6.07, 6.45) is 11.0. The first-order valence-electron chi connectivity index (χ1n) is 8.02. The minimum atomic E-state index is 0.933. The molecular formula is C20H22NOS+. The van der Waals surface area contributed by atoms with Crippen molar-refractivity contribution in [2.24, 2.45) is 0 Å². The van der Waals surface area contributed by atoms with Crippen LogP contribution in [0.3, 0.4) is 0 Å². The van der Waals surface area contributed by atoms with Gasteiger partial charge in [-0.25, -0.2) is 4.58 Å². The number of hydrogen-bond acceptors (Lipinski definition) is 2. The molecule has 0 aromatic heterocycles. The smallest absolute Gasteiger partial charge is 0.199 e. The fraction of sp³-hybridized carbons (Fsp3) is 0.250. The Morgan fingerprint density at radius 3 is 2.35 bits per heavy atom. The van der Waals surface area contributed by atoms with Crippen molar-refractivity contribution < 1.29 is 9.31 Å². The third-order valence-electron chi connectivity index (χ3n) is 4.13. The van der Waals surface area contributed by atoms with Crippen LogP contribution in [-0.4, -0.2) is 30.5 Å². The van der Waals surface area contributed by atoms with Crippen LogP contribution in [0.25, 0.3) is 5.76 Å². The zero-order valence-electron chi connectivity index (χ0n) is 13.9. The van der Waals surface area contributed by atoms with Crippen LogP contribution in [0.15, 0.2) is 70.0 Å². The molecule has 3 heteroatoms. The number of benzene rings is 1. The minimum absolute atomic E-state index is 0.933. The Morgan fingerprint density at radius 2 is 1.70 bits per heavy atom. The van der Waals surface area contributed by atoms with Crippen molar-refractivity contribution >= 4 is 23.2 Å². The van der Waals surface area contributed by atoms with Gasteiger partial charge in [0.1, 0.15) is 18.8 Å². The molecule has 1 heterocycles. The Hall–Kier alpha value is -2.00. The van der Waals surface area contributed by atoms with Crippen LogP contribution in [0.2, 0.25) is 0 Å². The molecule has 0 N–H and O–H groups in total. The molecule has 3 rings (SSSR count). The number of methoxy groups -OCH3 is 1. The number of nitrogens with zero attached hydrogens (tertiary/aromatic N) is 1. The molecule has 1 aliphatic carbocycles. The molecule has 0 saturated carbocycles. The molecule has 0 saturated heterocycles. The van der Waals surface area contributed by atoms with Gasteiger partial charge in [0.25, 0.3) is 0 Å². The zero-order valence-corrected chi connectivity index (χ0v) is 14.7. The van der Waals surface area contributed by atoms with Crippen LogP contribution in [0, 0.1) is 0 Å². The highest BCUT2D eigenvalue weighted by Gasteiger charge is 2.19. The summed E-state index contributed by atoms with van der Waals surface area (Å²) in [6.45, 7) is 6.44. The predicted molar refractivity (Wildman–Crippen MR) is 98.9 cm³/mol. The normalized spacial score (nSPS) is 16.3. The Morgan fingerprint density at radius 1 is 1.00 bits per heavy atom. The quantitative estimate of drug-likeness (QED) is 0.750. The lowest BCUT2D eigenvalue weighted by Gasteiger charge is -2.19. The van der Waals surface area contributed by atoms with Gasteiger partial charge >= 0.3 is 0 Å². The van der Waals surface area contributed by atoms with Crippen molar-refractivity contribution in [2.45, 2.75) is 18.7 Å². The van der Waals surface area contributed by atoms with Crippen LogP contribution in [0.4, 0.5) is 0 Å². The van der Waals surface area contributed by atoms with Crippen molar-refractivity contribution in [3.63, 3.8) is 0 Å². The van der Waals surface area contributed by atoms with Gasteiger partial charge in [-0.15, -0.1) is 0 Å². The fourth-order valence-corrected chi connectivity index (χ4v) is 3.92. The topological polar surface area (TPSA) is 12.2 Å². The van der Waals surface area contributed by atoms with Gasteiger partial charge in [-0.05, 0) is 43.7 Å². The van der Waals surface area contributed by atoms with Crippen molar-refractivity contribution in [1.82, 2.24) is 0 Å². The number of ether oxygens (including phenoxy) is 1. The molecule has 2 nitrogen and oxygen atoms in total. The van der Waals surface area contributed by atoms with Crippen molar-refractivity contribution in [3.05, 3.63) is 70.7 Å². The lowest BCUT2D eigenvalue weighted by atomic mass is 10.1. The van der Waals surface area contributed by atoms with E-state index in [2.05, 4.69) is 73.1 Å². The number of hydrogen-bond donors (Lipinski definition) is 0. The Bertz CT molecular complexity index is 742. The lowest BCUT2D eigenvalue weighted by Crippen LogP contribution is -2.19. The molecule has 23 heavy (non-hydrogen) atoms. The molecule has 1 aliphatic heterocycles. The first-order chi connectivity index (χ1) is 11.3. The largest absolute Gasteiger partial charge is 0.496 e. The van der Waals surface area contributed by atoms with Gasteiger partial charge in [-0.3, -0.25) is 0 Å². The number of allylic oxidation sites excluding steroid dienone is 6. The van der Waals surface area contributed by atoms with Crippen LogP contribution in [0.5, 0.6) is 0 Å². The monoisotopic (exact) mass is 324 g/mol. The summed E-state index contributed by atoms with van der Waals surface area (Å²) in [5.74, 6) is 0.933. The van der Waals surface area contributed by atoms with Crippen molar-refractivity contribution in [2.75, 3.05) is 20.2 Å². The van der Waals surface area contributed by atoms with E-state index in [1.54, 1.807) is 18.9 Å². The summed E-state index contributed by atoms with van der Waals surface area (Å²) in [4.78, 5) is 2.47. The molecule has 0 radical (unpaired) electrons. The van der Waals surface area contributed by atoms with E-state index in [0.29, 0.717) is 0 Å². The maximum atomic E-state index is 5.58. The summed E-state index contributed by atoms with van der Waals surface area (Å²) < 4.78 is 7.94. The predicted octanol–water partition coefficient (Wildman–Crippen LogP) is 4.65. The first-order valence-corrected chi connectivity index (χ1v) is 8.83. The molecular weight excluding hydrogens is 302 g/mol. The molecule has 0 unspecified atom stereocenters. The third-order valence-corrected chi connectivity index (χ3v) is 5.28. The second-order valence-electron chi connectivity index (χ2n) is 5.39. The van der Waals surface area contributed by atoms with Gasteiger partial charge in [0, 0.05) is 27.5 Å². The van der Waals surface area contributed by atoms with E-state index in [1.165, 1.54) is 26.6 Å². The van der Waals surface area contributed by atoms with Gasteiger partial charge < -0.3 is 4.74 Å². The molecule has 1 aromatic rings. The summed E-state index contributed by atoms with van der Waals surface area (Å²) in [7, 11) is 1.74. The summed E-state index contributed by atoms with van der Waals surface area (Å²) >= 11 is 1.80. The fourth-order valence-electron chi connectivity index (χ4n) is 2.84. The molecule has 0 amide bonds. The second kappa shape index (κ2) is 7.05. The molecule has 0 spiro atoms. The first kappa shape index (κ1) is 15.9. The summed E-state index contributed by atoms with van der Waals surface area (Å²) in [5.41, 5.74) is 3.68. The molecule has 2 aliphatic rings. The van der Waals surface area contributed by atoms with Crippen LogP contribution >= 0.6 is 11.8 Å². The van der Waals surface area contributed by atoms with Gasteiger partial charge in [0.2, 0.25) is 0 Å². The van der Waals surface area contributed by atoms with E-state index < -0.39 is 0 Å². The van der Waals surface area contributed by atoms with Gasteiger partial charge in [-0.1, -0.05) is 30.0 Å². The molecule has 118 valence electrons. The zero-order chi connectivity index (χ0) is 16.2. The van der Waals surface area contributed by atoms with Crippen molar-refractivity contribution in [3.8, 4) is 0 Å². The minimum Gasteiger partial charge on any atom is -0.496 e. The standard InChI is InChI=1S/C20H22NOS/c1-4-21(5-2)16-12-10-15(11-13-16)20-14-18(22-3)17-8-6-7-9-19(17)23-20/h6-14H,4-5H2,1-3H3/q+1. The highest BCUT2D eigenvalue weighted by atomic mass is 32.2. The molecule has 0 fully saturated rings. The summed E-state index contributed by atoms with van der Waals surface area (Å²) in [5, 5.41) is 0. The highest BCUT2D eigenvalue weighted by Crippen LogP contribution is 2.42. The number of rotatable bonds is 3. The Labute approximate surface area is 142 Å².